The first-order chi connectivity index (χ1) is 16.0. The van der Waals surface area contributed by atoms with E-state index in [2.05, 4.69) is 20.3 Å². The van der Waals surface area contributed by atoms with Crippen LogP contribution in [0.4, 0.5) is 13.2 Å². The lowest BCUT2D eigenvalue weighted by Gasteiger charge is -2.32. The van der Waals surface area contributed by atoms with E-state index >= 15 is 0 Å². The van der Waals surface area contributed by atoms with Crippen LogP contribution in [-0.4, -0.2) is 51.7 Å². The van der Waals surface area contributed by atoms with Gasteiger partial charge in [0.05, 0.1) is 40.2 Å². The van der Waals surface area contributed by atoms with Gasteiger partial charge in [0.2, 0.25) is 0 Å². The van der Waals surface area contributed by atoms with Crippen molar-refractivity contribution in [1.29, 1.82) is 0 Å². The van der Waals surface area contributed by atoms with Crippen LogP contribution in [0.2, 0.25) is 0 Å². The number of alkyl halides is 3. The Labute approximate surface area is 192 Å². The summed E-state index contributed by atoms with van der Waals surface area (Å²) in [5.74, 6) is -0.230. The van der Waals surface area contributed by atoms with Gasteiger partial charge in [-0.2, -0.15) is 28.5 Å². The minimum absolute atomic E-state index is 0.230. The molecule has 0 fully saturated rings. The number of hydrogen-bond acceptors (Lipinski definition) is 5. The lowest BCUT2D eigenvalue weighted by molar-refractivity contribution is -0.141. The topological polar surface area (TPSA) is 86.7 Å². The number of carbonyl (C=O) groups excluding carboxylic acids is 1. The molecular weight excluding hydrogens is 449 g/mol. The molecule has 1 amide bonds. The third-order valence-electron chi connectivity index (χ3n) is 6.39. The molecule has 34 heavy (non-hydrogen) atoms. The minimum Gasteiger partial charge on any atom is -0.329 e. The first-order valence-corrected chi connectivity index (χ1v) is 10.7. The minimum atomic E-state index is -4.54. The molecule has 5 rings (SSSR count). The normalized spacial score (nSPS) is 16.4. The molecule has 4 aromatic rings. The number of aromatic nitrogens is 7. The molecule has 1 aliphatic heterocycles. The van der Waals surface area contributed by atoms with E-state index in [-0.39, 0.29) is 11.9 Å². The highest BCUT2D eigenvalue weighted by molar-refractivity contribution is 6.04. The van der Waals surface area contributed by atoms with E-state index < -0.39 is 11.9 Å². The molecule has 0 radical (unpaired) electrons. The van der Waals surface area contributed by atoms with Crippen LogP contribution in [0, 0.1) is 6.92 Å². The van der Waals surface area contributed by atoms with Crippen LogP contribution in [0.1, 0.15) is 46.1 Å². The number of amides is 1. The van der Waals surface area contributed by atoms with E-state index in [1.165, 1.54) is 11.7 Å². The molecule has 12 heteroatoms. The molecule has 178 valence electrons. The predicted molar refractivity (Wildman–Crippen MR) is 117 cm³/mol. The Bertz CT molecular complexity index is 1440. The van der Waals surface area contributed by atoms with Gasteiger partial charge in [0.25, 0.3) is 5.91 Å². The van der Waals surface area contributed by atoms with Crippen molar-refractivity contribution in [2.75, 3.05) is 6.54 Å². The van der Waals surface area contributed by atoms with Gasteiger partial charge in [-0.05, 0) is 32.4 Å². The molecule has 5 heterocycles. The number of carbonyl (C=O) groups is 1. The van der Waals surface area contributed by atoms with E-state index in [0.29, 0.717) is 46.8 Å². The fourth-order valence-corrected chi connectivity index (χ4v) is 4.74. The average molecular weight is 472 g/mol. The molecule has 1 unspecified atom stereocenters. The van der Waals surface area contributed by atoms with E-state index in [4.69, 9.17) is 0 Å². The quantitative estimate of drug-likeness (QED) is 0.447. The first-order valence-electron chi connectivity index (χ1n) is 10.7. The van der Waals surface area contributed by atoms with Gasteiger partial charge in [0.1, 0.15) is 5.69 Å². The second-order valence-electron chi connectivity index (χ2n) is 8.61. The van der Waals surface area contributed by atoms with Crippen molar-refractivity contribution in [2.24, 2.45) is 21.1 Å². The van der Waals surface area contributed by atoms with Crippen molar-refractivity contribution >= 4 is 16.8 Å². The summed E-state index contributed by atoms with van der Waals surface area (Å²) in [6, 6.07) is 2.53. The van der Waals surface area contributed by atoms with Gasteiger partial charge in [-0.1, -0.05) is 0 Å². The third-order valence-corrected chi connectivity index (χ3v) is 6.39. The molecule has 1 aliphatic rings. The average Bonchev–Trinajstić information content (AvgIpc) is 3.42. The van der Waals surface area contributed by atoms with Crippen molar-refractivity contribution < 1.29 is 18.0 Å². The van der Waals surface area contributed by atoms with E-state index in [0.717, 1.165) is 17.1 Å². The maximum atomic E-state index is 13.6. The number of fused-ring (bicyclic) bond motifs is 2. The summed E-state index contributed by atoms with van der Waals surface area (Å²) in [7, 11) is 4.98. The van der Waals surface area contributed by atoms with Crippen LogP contribution in [0.15, 0.2) is 18.3 Å². The monoisotopic (exact) mass is 472 g/mol. The lowest BCUT2D eigenvalue weighted by Crippen LogP contribution is -2.39. The van der Waals surface area contributed by atoms with Crippen LogP contribution >= 0.6 is 0 Å². The van der Waals surface area contributed by atoms with E-state index in [1.54, 1.807) is 27.5 Å². The van der Waals surface area contributed by atoms with E-state index in [1.807, 2.05) is 27.0 Å². The van der Waals surface area contributed by atoms with Gasteiger partial charge in [0, 0.05) is 38.9 Å². The number of hydrogen-bond donors (Lipinski definition) is 0. The van der Waals surface area contributed by atoms with Crippen molar-refractivity contribution in [3.05, 3.63) is 46.7 Å². The summed E-state index contributed by atoms with van der Waals surface area (Å²) in [4.78, 5) is 19.8. The molecule has 0 bridgehead atoms. The van der Waals surface area contributed by atoms with Crippen LogP contribution < -0.4 is 0 Å². The van der Waals surface area contributed by atoms with Gasteiger partial charge in [-0.25, -0.2) is 4.98 Å². The Kier molecular flexibility index (Phi) is 4.81. The summed E-state index contributed by atoms with van der Waals surface area (Å²) in [5, 5.41) is 13.2. The van der Waals surface area contributed by atoms with Crippen LogP contribution in [0.3, 0.4) is 0 Å². The van der Waals surface area contributed by atoms with Crippen LogP contribution in [0.5, 0.6) is 0 Å². The molecule has 4 aromatic heterocycles. The smallest absolute Gasteiger partial charge is 0.329 e. The lowest BCUT2D eigenvalue weighted by atomic mass is 9.96. The summed E-state index contributed by atoms with van der Waals surface area (Å²) < 4.78 is 44.1. The van der Waals surface area contributed by atoms with Crippen molar-refractivity contribution in [1.82, 2.24) is 39.2 Å². The fourth-order valence-electron chi connectivity index (χ4n) is 4.74. The van der Waals surface area contributed by atoms with Gasteiger partial charge in [-0.15, -0.1) is 0 Å². The zero-order chi connectivity index (χ0) is 24.5. The number of halogens is 3. The highest BCUT2D eigenvalue weighted by Crippen LogP contribution is 2.38. The predicted octanol–water partition coefficient (Wildman–Crippen LogP) is 3.19. The maximum absolute atomic E-state index is 13.6. The van der Waals surface area contributed by atoms with Crippen molar-refractivity contribution in [3.8, 4) is 11.4 Å². The summed E-state index contributed by atoms with van der Waals surface area (Å²) in [5.41, 5.74) is 3.28. The number of pyridine rings is 1. The van der Waals surface area contributed by atoms with Gasteiger partial charge in [0.15, 0.2) is 5.69 Å². The Hall–Kier alpha value is -3.70. The Balaban J connectivity index is 1.54. The second kappa shape index (κ2) is 7.40. The van der Waals surface area contributed by atoms with Crippen molar-refractivity contribution in [3.63, 3.8) is 0 Å². The molecule has 0 aliphatic carbocycles. The fraction of sp³-hybridized carbons (Fsp3) is 0.409. The second-order valence-corrected chi connectivity index (χ2v) is 8.61. The van der Waals surface area contributed by atoms with Gasteiger partial charge in [-0.3, -0.25) is 18.8 Å². The third kappa shape index (κ3) is 3.27. The Morgan fingerprint density at radius 3 is 2.50 bits per heavy atom. The standard InChI is InChI=1S/C22H23F3N8O/c1-11-8-15-14(10-26-30(15)3)19(27-11)21(34)33-7-6-13-18(12(33)2)29-32(5)20(13)16-9-17(22(23,24)25)28-31(16)4/h8-10,12H,6-7H2,1-5H3. The van der Waals surface area contributed by atoms with Gasteiger partial charge >= 0.3 is 6.18 Å². The molecule has 1 atom stereocenters. The Morgan fingerprint density at radius 2 is 1.82 bits per heavy atom. The molecule has 0 saturated carbocycles. The molecule has 0 aromatic carbocycles. The molecule has 9 nitrogen and oxygen atoms in total. The maximum Gasteiger partial charge on any atom is 0.435 e. The van der Waals surface area contributed by atoms with Gasteiger partial charge < -0.3 is 4.90 Å². The molecule has 0 spiro atoms. The van der Waals surface area contributed by atoms with Crippen LogP contribution in [-0.2, 0) is 33.7 Å². The largest absolute Gasteiger partial charge is 0.435 e. The summed E-state index contributed by atoms with van der Waals surface area (Å²) in [6.07, 6.45) is -2.46. The Morgan fingerprint density at radius 1 is 1.09 bits per heavy atom. The van der Waals surface area contributed by atoms with Crippen LogP contribution in [0.25, 0.3) is 22.3 Å². The number of aryl methyl sites for hydroxylation is 4. The number of nitrogens with zero attached hydrogens (tertiary/aromatic N) is 8. The zero-order valence-corrected chi connectivity index (χ0v) is 19.3. The van der Waals surface area contributed by atoms with Crippen molar-refractivity contribution in [2.45, 2.75) is 32.5 Å². The van der Waals surface area contributed by atoms with E-state index in [9.17, 15) is 18.0 Å². The first kappa shape index (κ1) is 22.1. The molecule has 0 N–H and O–H groups in total. The summed E-state index contributed by atoms with van der Waals surface area (Å²) in [6.45, 7) is 4.08. The number of rotatable bonds is 2. The molecule has 0 saturated heterocycles. The molecular formula is C22H23F3N8O. The highest BCUT2D eigenvalue weighted by atomic mass is 19.4. The SMILES string of the molecule is Cc1cc2c(cnn2C)c(C(=O)N2CCc3c(nn(C)c3-c3cc(C(F)(F)F)nn3C)C2C)n1. The zero-order valence-electron chi connectivity index (χ0n) is 19.3. The summed E-state index contributed by atoms with van der Waals surface area (Å²) >= 11 is 0. The highest BCUT2D eigenvalue weighted by Gasteiger charge is 2.38.